The van der Waals surface area contributed by atoms with E-state index < -0.39 is 9.87 Å². The quantitative estimate of drug-likeness (QED) is 0.564. The molecule has 0 heterocycles. The van der Waals surface area contributed by atoms with E-state index >= 15 is 0 Å². The van der Waals surface area contributed by atoms with Crippen LogP contribution in [0.1, 0.15) is 13.3 Å². The molecule has 2 radical (unpaired) electrons. The standard InChI is InChI=1S/C4H8BNO2S/c1-3-4(2)6-9(5,7)8/h6H,2-3H2,1H3. The van der Waals surface area contributed by atoms with Gasteiger partial charge < -0.3 is 0 Å². The molecule has 0 aromatic carbocycles. The molecule has 0 saturated heterocycles. The monoisotopic (exact) mass is 145 g/mol. The minimum atomic E-state index is -3.58. The van der Waals surface area contributed by atoms with Gasteiger partial charge in [-0.25, -0.2) is 8.42 Å². The molecule has 0 rings (SSSR count). The summed E-state index contributed by atoms with van der Waals surface area (Å²) >= 11 is 0. The van der Waals surface area contributed by atoms with Gasteiger partial charge in [0.1, 0.15) is 0 Å². The van der Waals surface area contributed by atoms with Crippen LogP contribution in [0, 0.1) is 0 Å². The molecule has 0 bridgehead atoms. The minimum Gasteiger partial charge on any atom is -0.299 e. The lowest BCUT2D eigenvalue weighted by Crippen LogP contribution is -2.21. The van der Waals surface area contributed by atoms with E-state index in [0.717, 1.165) is 0 Å². The van der Waals surface area contributed by atoms with E-state index in [1.165, 1.54) is 0 Å². The van der Waals surface area contributed by atoms with E-state index in [4.69, 9.17) is 0 Å². The number of hydrogen-bond donors (Lipinski definition) is 1. The first-order valence-corrected chi connectivity index (χ1v) is 3.98. The van der Waals surface area contributed by atoms with E-state index in [1.54, 1.807) is 6.92 Å². The minimum absolute atomic E-state index is 0.400. The summed E-state index contributed by atoms with van der Waals surface area (Å²) in [5.74, 6) is 0. The Morgan fingerprint density at radius 3 is 2.33 bits per heavy atom. The van der Waals surface area contributed by atoms with Gasteiger partial charge in [-0.05, 0) is 6.42 Å². The fourth-order valence-corrected chi connectivity index (χ4v) is 0.820. The van der Waals surface area contributed by atoms with Gasteiger partial charge in [-0.3, -0.25) is 4.72 Å². The number of allylic oxidation sites excluding steroid dienone is 1. The maximum Gasteiger partial charge on any atom is 0.285 e. The number of nitrogens with one attached hydrogen (secondary N) is 1. The fourth-order valence-electron chi connectivity index (χ4n) is 0.273. The van der Waals surface area contributed by atoms with Crippen LogP contribution in [0.2, 0.25) is 0 Å². The smallest absolute Gasteiger partial charge is 0.285 e. The molecule has 0 atom stereocenters. The SMILES string of the molecule is [B]S(=O)(=O)NC(=C)CC. The fraction of sp³-hybridized carbons (Fsp3) is 0.500. The Labute approximate surface area is 56.5 Å². The number of hydrogen-bond acceptors (Lipinski definition) is 2. The Hall–Kier alpha value is -0.445. The molecular weight excluding hydrogens is 137 g/mol. The molecule has 0 amide bonds. The van der Waals surface area contributed by atoms with E-state index in [9.17, 15) is 8.42 Å². The average Bonchev–Trinajstić information content (AvgIpc) is 1.62. The molecule has 0 aliphatic heterocycles. The van der Waals surface area contributed by atoms with Crippen LogP contribution in [0.5, 0.6) is 0 Å². The third-order valence-corrected chi connectivity index (χ3v) is 1.29. The molecule has 0 spiro atoms. The van der Waals surface area contributed by atoms with Gasteiger partial charge >= 0.3 is 0 Å². The molecular formula is C4H8BNO2S. The molecule has 0 fully saturated rings. The van der Waals surface area contributed by atoms with Crippen molar-refractivity contribution in [2.24, 2.45) is 0 Å². The molecule has 0 aromatic rings. The van der Waals surface area contributed by atoms with Gasteiger partial charge in [-0.1, -0.05) is 13.5 Å². The zero-order valence-corrected chi connectivity index (χ0v) is 6.03. The van der Waals surface area contributed by atoms with Crippen LogP contribution in [0.15, 0.2) is 12.3 Å². The Bertz CT molecular complexity index is 197. The van der Waals surface area contributed by atoms with Crippen LogP contribution in [-0.2, 0) is 9.87 Å². The molecule has 0 saturated carbocycles. The maximum atomic E-state index is 10.2. The number of rotatable bonds is 3. The van der Waals surface area contributed by atoms with Crippen molar-refractivity contribution in [3.05, 3.63) is 12.3 Å². The van der Waals surface area contributed by atoms with Crippen LogP contribution < -0.4 is 4.72 Å². The van der Waals surface area contributed by atoms with Crippen molar-refractivity contribution in [2.45, 2.75) is 13.3 Å². The summed E-state index contributed by atoms with van der Waals surface area (Å²) in [6.07, 6.45) is 0.552. The van der Waals surface area contributed by atoms with Crippen LogP contribution >= 0.6 is 0 Å². The highest BCUT2D eigenvalue weighted by Crippen LogP contribution is 1.90. The highest BCUT2D eigenvalue weighted by molar-refractivity contribution is 8.10. The van der Waals surface area contributed by atoms with Crippen molar-refractivity contribution in [1.29, 1.82) is 0 Å². The Kier molecular flexibility index (Phi) is 2.77. The van der Waals surface area contributed by atoms with Crippen molar-refractivity contribution < 1.29 is 8.42 Å². The summed E-state index contributed by atoms with van der Waals surface area (Å²) < 4.78 is 22.4. The molecule has 0 aliphatic rings. The van der Waals surface area contributed by atoms with Crippen LogP contribution in [0.4, 0.5) is 0 Å². The lowest BCUT2D eigenvalue weighted by Gasteiger charge is -2.02. The van der Waals surface area contributed by atoms with Crippen molar-refractivity contribution in [1.82, 2.24) is 4.72 Å². The second-order valence-electron chi connectivity index (χ2n) is 1.60. The second-order valence-corrected chi connectivity index (χ2v) is 2.90. The summed E-state index contributed by atoms with van der Waals surface area (Å²) in [4.78, 5) is 0. The molecule has 0 aliphatic carbocycles. The normalized spacial score (nSPS) is 10.8. The highest BCUT2D eigenvalue weighted by atomic mass is 32.2. The van der Waals surface area contributed by atoms with Crippen LogP contribution in [-0.4, -0.2) is 15.5 Å². The van der Waals surface area contributed by atoms with Gasteiger partial charge in [0.25, 0.3) is 7.12 Å². The van der Waals surface area contributed by atoms with Gasteiger partial charge in [0.05, 0.1) is 0 Å². The van der Waals surface area contributed by atoms with Crippen molar-refractivity contribution in [2.75, 3.05) is 0 Å². The first-order chi connectivity index (χ1) is 3.95. The summed E-state index contributed by atoms with van der Waals surface area (Å²) in [6.45, 7) is 5.17. The predicted molar refractivity (Wildman–Crippen MR) is 37.2 cm³/mol. The third-order valence-electron chi connectivity index (χ3n) is 0.713. The maximum absolute atomic E-state index is 10.2. The molecule has 3 nitrogen and oxygen atoms in total. The van der Waals surface area contributed by atoms with E-state index in [2.05, 4.69) is 13.7 Å². The molecule has 9 heavy (non-hydrogen) atoms. The molecule has 0 unspecified atom stereocenters. The van der Waals surface area contributed by atoms with E-state index in [-0.39, 0.29) is 0 Å². The topological polar surface area (TPSA) is 46.2 Å². The summed E-state index contributed by atoms with van der Waals surface area (Å²) in [7, 11) is 1.03. The lowest BCUT2D eigenvalue weighted by atomic mass is 10.4. The molecule has 50 valence electrons. The summed E-state index contributed by atoms with van der Waals surface area (Å²) in [5.41, 5.74) is 0.400. The molecule has 5 heteroatoms. The summed E-state index contributed by atoms with van der Waals surface area (Å²) in [6, 6.07) is 0. The van der Waals surface area contributed by atoms with Crippen molar-refractivity contribution in [3.63, 3.8) is 0 Å². The lowest BCUT2D eigenvalue weighted by molar-refractivity contribution is 0.602. The Morgan fingerprint density at radius 1 is 1.78 bits per heavy atom. The van der Waals surface area contributed by atoms with Crippen LogP contribution in [0.25, 0.3) is 0 Å². The predicted octanol–water partition coefficient (Wildman–Crippen LogP) is -0.0870. The summed E-state index contributed by atoms with van der Waals surface area (Å²) in [5, 5.41) is 0. The van der Waals surface area contributed by atoms with Gasteiger partial charge in [0.15, 0.2) is 9.87 Å². The third kappa shape index (κ3) is 5.43. The van der Waals surface area contributed by atoms with Gasteiger partial charge in [-0.2, -0.15) is 0 Å². The Balaban J connectivity index is 3.91. The second kappa shape index (κ2) is 2.91. The molecule has 1 N–H and O–H groups in total. The van der Waals surface area contributed by atoms with Gasteiger partial charge in [0, 0.05) is 5.70 Å². The zero-order valence-electron chi connectivity index (χ0n) is 5.22. The average molecular weight is 145 g/mol. The van der Waals surface area contributed by atoms with Crippen molar-refractivity contribution >= 4 is 17.0 Å². The van der Waals surface area contributed by atoms with E-state index in [0.29, 0.717) is 12.1 Å². The van der Waals surface area contributed by atoms with Crippen molar-refractivity contribution in [3.8, 4) is 0 Å². The zero-order chi connectivity index (χ0) is 7.49. The van der Waals surface area contributed by atoms with E-state index in [1.807, 2.05) is 4.72 Å². The largest absolute Gasteiger partial charge is 0.299 e. The van der Waals surface area contributed by atoms with Gasteiger partial charge in [0.2, 0.25) is 0 Å². The van der Waals surface area contributed by atoms with Gasteiger partial charge in [-0.15, -0.1) is 0 Å². The highest BCUT2D eigenvalue weighted by Gasteiger charge is 1.98. The molecule has 0 aromatic heterocycles. The first kappa shape index (κ1) is 8.55. The first-order valence-electron chi connectivity index (χ1n) is 2.44. The van der Waals surface area contributed by atoms with Crippen LogP contribution in [0.3, 0.4) is 0 Å². The Morgan fingerprint density at radius 2 is 2.22 bits per heavy atom.